The van der Waals surface area contributed by atoms with E-state index in [1.807, 2.05) is 24.3 Å². The van der Waals surface area contributed by atoms with Crippen LogP contribution in [0.3, 0.4) is 0 Å². The van der Waals surface area contributed by atoms with E-state index in [1.165, 1.54) is 104 Å². The van der Waals surface area contributed by atoms with Gasteiger partial charge in [0.05, 0.1) is 6.57 Å². The minimum absolute atomic E-state index is 0.0533. The highest BCUT2D eigenvalue weighted by atomic mass is 15.0. The van der Waals surface area contributed by atoms with Crippen molar-refractivity contribution in [2.45, 2.75) is 81.5 Å². The fraction of sp³-hybridized carbons (Fsp3) is 0.320. The molecule has 0 saturated heterocycles. The number of hydrogen-bond donors (Lipinski definition) is 0. The van der Waals surface area contributed by atoms with Gasteiger partial charge in [-0.3, -0.25) is 0 Å². The van der Waals surface area contributed by atoms with Gasteiger partial charge in [0, 0.05) is 22.1 Å². The van der Waals surface area contributed by atoms with Gasteiger partial charge in [0.15, 0.2) is 23.2 Å². The van der Waals surface area contributed by atoms with Crippen molar-refractivity contribution in [2.75, 3.05) is 0 Å². The van der Waals surface area contributed by atoms with E-state index in [1.54, 1.807) is 5.56 Å². The summed E-state index contributed by atoms with van der Waals surface area (Å²) in [5.41, 5.74) is 13.6. The van der Waals surface area contributed by atoms with E-state index in [-0.39, 0.29) is 5.41 Å². The Balaban J connectivity index is 0.953. The molecule has 0 unspecified atom stereocenters. The first-order valence-electron chi connectivity index (χ1n) is 20.3. The summed E-state index contributed by atoms with van der Waals surface area (Å²) in [6.45, 7) is 7.46. The number of fused-ring (bicyclic) bond motifs is 5. The molecule has 5 fully saturated rings. The maximum Gasteiger partial charge on any atom is 0.187 e. The lowest BCUT2D eigenvalue weighted by Gasteiger charge is -2.57. The number of benzene rings is 5. The molecule has 0 amide bonds. The molecule has 4 bridgehead atoms. The van der Waals surface area contributed by atoms with Crippen LogP contribution in [0.4, 0.5) is 5.69 Å². The Bertz CT molecular complexity index is 2410. The van der Waals surface area contributed by atoms with Gasteiger partial charge in [0.2, 0.25) is 0 Å². The summed E-state index contributed by atoms with van der Waals surface area (Å²) in [4.78, 5) is 18.9. The molecule has 0 atom stereocenters. The van der Waals surface area contributed by atoms with Crippen LogP contribution in [-0.4, -0.2) is 15.0 Å². The molecule has 0 aliphatic heterocycles. The number of aromatic nitrogens is 3. The van der Waals surface area contributed by atoms with Crippen LogP contribution in [0.25, 0.3) is 61.3 Å². The Hall–Kier alpha value is -5.40. The molecule has 6 aliphatic rings. The van der Waals surface area contributed by atoms with E-state index >= 15 is 0 Å². The van der Waals surface area contributed by atoms with Crippen LogP contribution >= 0.6 is 0 Å². The van der Waals surface area contributed by atoms with Crippen LogP contribution in [0.15, 0.2) is 115 Å². The molecule has 12 rings (SSSR count). The van der Waals surface area contributed by atoms with Crippen molar-refractivity contribution in [3.05, 3.63) is 143 Å². The first kappa shape index (κ1) is 32.1. The lowest BCUT2D eigenvalue weighted by Crippen LogP contribution is -2.48. The average Bonchev–Trinajstić information content (AvgIpc) is 3.48. The van der Waals surface area contributed by atoms with Crippen LogP contribution in [0.2, 0.25) is 0 Å². The average molecular weight is 701 g/mol. The third kappa shape index (κ3) is 5.12. The lowest BCUT2D eigenvalue weighted by molar-refractivity contribution is -0.00518. The van der Waals surface area contributed by atoms with E-state index in [0.717, 1.165) is 34.4 Å². The molecule has 0 N–H and O–H groups in total. The van der Waals surface area contributed by atoms with Crippen molar-refractivity contribution in [3.63, 3.8) is 0 Å². The summed E-state index contributed by atoms with van der Waals surface area (Å²) >= 11 is 0. The van der Waals surface area contributed by atoms with E-state index in [9.17, 15) is 0 Å². The Kier molecular flexibility index (Phi) is 7.32. The SMILES string of the molecule is [C-]#[N+]c1ccc(-c2nc(-c3ccc(-c4ccc(C56CC7CC(CC(C7)C5)C6)cc4)cc3)nc(-c3ccc4c(c3)C3(CCCCC3)c3ccccc3-4)n2)cc1. The summed E-state index contributed by atoms with van der Waals surface area (Å²) in [6.07, 6.45) is 14.8. The van der Waals surface area contributed by atoms with Crippen molar-refractivity contribution < 1.29 is 0 Å². The number of rotatable bonds is 5. The first-order valence-corrected chi connectivity index (χ1v) is 20.3. The van der Waals surface area contributed by atoms with Crippen molar-refractivity contribution in [1.29, 1.82) is 0 Å². The second-order valence-corrected chi connectivity index (χ2v) is 17.3. The molecule has 1 heterocycles. The zero-order valence-corrected chi connectivity index (χ0v) is 30.8. The van der Waals surface area contributed by atoms with E-state index in [4.69, 9.17) is 21.5 Å². The Morgan fingerprint density at radius 3 is 1.61 bits per heavy atom. The molecule has 5 saturated carbocycles. The minimum atomic E-state index is 0.0533. The highest BCUT2D eigenvalue weighted by molar-refractivity contribution is 5.83. The van der Waals surface area contributed by atoms with Gasteiger partial charge < -0.3 is 0 Å². The quantitative estimate of drug-likeness (QED) is 0.168. The van der Waals surface area contributed by atoms with E-state index in [0.29, 0.717) is 28.6 Å². The van der Waals surface area contributed by atoms with Crippen molar-refractivity contribution in [3.8, 4) is 56.4 Å². The van der Waals surface area contributed by atoms with Gasteiger partial charge in [-0.1, -0.05) is 128 Å². The topological polar surface area (TPSA) is 43.0 Å². The van der Waals surface area contributed by atoms with Gasteiger partial charge in [-0.2, -0.15) is 0 Å². The Morgan fingerprint density at radius 2 is 1.00 bits per heavy atom. The summed E-state index contributed by atoms with van der Waals surface area (Å²) in [5, 5.41) is 0. The highest BCUT2D eigenvalue weighted by Gasteiger charge is 2.51. The molecule has 1 spiro atoms. The molecule has 1 aromatic heterocycles. The van der Waals surface area contributed by atoms with Crippen LogP contribution in [0, 0.1) is 24.3 Å². The second kappa shape index (κ2) is 12.3. The molecule has 5 aromatic carbocycles. The fourth-order valence-corrected chi connectivity index (χ4v) is 12.0. The summed E-state index contributed by atoms with van der Waals surface area (Å²) in [6, 6.07) is 41.8. The molecular weight excluding hydrogens is 657 g/mol. The maximum absolute atomic E-state index is 7.46. The minimum Gasteiger partial charge on any atom is -0.238 e. The molecule has 264 valence electrons. The van der Waals surface area contributed by atoms with Crippen molar-refractivity contribution in [2.24, 2.45) is 17.8 Å². The summed E-state index contributed by atoms with van der Waals surface area (Å²) < 4.78 is 0. The maximum atomic E-state index is 7.46. The van der Waals surface area contributed by atoms with Gasteiger partial charge in [-0.05, 0) is 120 Å². The van der Waals surface area contributed by atoms with Gasteiger partial charge >= 0.3 is 0 Å². The molecule has 4 nitrogen and oxygen atoms in total. The van der Waals surface area contributed by atoms with Gasteiger partial charge in [0.25, 0.3) is 0 Å². The normalized spacial score (nSPS) is 24.2. The van der Waals surface area contributed by atoms with Gasteiger partial charge in [-0.15, -0.1) is 0 Å². The Labute approximate surface area is 318 Å². The third-order valence-corrected chi connectivity index (χ3v) is 14.1. The first-order chi connectivity index (χ1) is 26.6. The monoisotopic (exact) mass is 700 g/mol. The van der Waals surface area contributed by atoms with Gasteiger partial charge in [0.1, 0.15) is 0 Å². The number of nitrogens with zero attached hydrogens (tertiary/aromatic N) is 4. The predicted molar refractivity (Wildman–Crippen MR) is 217 cm³/mol. The zero-order chi connectivity index (χ0) is 35.9. The van der Waals surface area contributed by atoms with Crippen LogP contribution in [0.5, 0.6) is 0 Å². The zero-order valence-electron chi connectivity index (χ0n) is 30.8. The predicted octanol–water partition coefficient (Wildman–Crippen LogP) is 12.8. The van der Waals surface area contributed by atoms with Crippen molar-refractivity contribution in [1.82, 2.24) is 15.0 Å². The lowest BCUT2D eigenvalue weighted by atomic mass is 9.48. The molecular formula is C50H44N4. The van der Waals surface area contributed by atoms with Gasteiger partial charge in [-0.25, -0.2) is 19.8 Å². The van der Waals surface area contributed by atoms with E-state index in [2.05, 4.69) is 95.8 Å². The van der Waals surface area contributed by atoms with Crippen LogP contribution < -0.4 is 0 Å². The molecule has 6 aliphatic carbocycles. The molecule has 4 heteroatoms. The highest BCUT2D eigenvalue weighted by Crippen LogP contribution is 2.61. The van der Waals surface area contributed by atoms with Crippen molar-refractivity contribution >= 4 is 5.69 Å². The molecule has 0 radical (unpaired) electrons. The fourth-order valence-electron chi connectivity index (χ4n) is 12.0. The summed E-state index contributed by atoms with van der Waals surface area (Å²) in [5.74, 6) is 4.80. The van der Waals surface area contributed by atoms with E-state index < -0.39 is 0 Å². The number of hydrogen-bond acceptors (Lipinski definition) is 3. The molecule has 6 aromatic rings. The third-order valence-electron chi connectivity index (χ3n) is 14.1. The summed E-state index contributed by atoms with van der Waals surface area (Å²) in [7, 11) is 0. The molecule has 54 heavy (non-hydrogen) atoms. The Morgan fingerprint density at radius 1 is 0.500 bits per heavy atom. The smallest absolute Gasteiger partial charge is 0.187 e. The largest absolute Gasteiger partial charge is 0.238 e. The second-order valence-electron chi connectivity index (χ2n) is 17.3. The van der Waals surface area contributed by atoms with Crippen LogP contribution in [0.1, 0.15) is 87.3 Å². The van der Waals surface area contributed by atoms with Crippen LogP contribution in [-0.2, 0) is 10.8 Å². The standard InChI is InChI=1S/C50H44N4/c1-51-41-20-15-38(16-21-41)47-52-46(53-48(54-47)39-17-22-43-42-7-3-4-8-44(42)50(45(43)28-39)23-5-2-6-24-50)37-11-9-35(10-12-37)36-13-18-40(19-14-36)49-29-32-25-33(30-49)27-34(26-32)31-49/h3-4,7-22,28,32-34H,2,5-6,23-27,29-31H2.